The first-order valence-corrected chi connectivity index (χ1v) is 6.99. The van der Waals surface area contributed by atoms with Gasteiger partial charge in [0, 0.05) is 12.0 Å². The third kappa shape index (κ3) is 2.94. The molecular formula is C18H14O5. The van der Waals surface area contributed by atoms with Crippen LogP contribution in [0.2, 0.25) is 0 Å². The van der Waals surface area contributed by atoms with E-state index in [-0.39, 0.29) is 16.4 Å². The Morgan fingerprint density at radius 2 is 1.91 bits per heavy atom. The zero-order chi connectivity index (χ0) is 16.4. The highest BCUT2D eigenvalue weighted by molar-refractivity contribution is 5.92. The van der Waals surface area contributed by atoms with E-state index in [0.29, 0.717) is 17.6 Å². The summed E-state index contributed by atoms with van der Waals surface area (Å²) in [4.78, 5) is 23.6. The van der Waals surface area contributed by atoms with Crippen LogP contribution in [0.5, 0.6) is 5.75 Å². The number of hydrogen-bond acceptors (Lipinski definition) is 4. The van der Waals surface area contributed by atoms with Crippen molar-refractivity contribution in [3.05, 3.63) is 75.6 Å². The summed E-state index contributed by atoms with van der Waals surface area (Å²) in [5.74, 6) is -0.336. The maximum absolute atomic E-state index is 12.6. The Morgan fingerprint density at radius 1 is 1.17 bits per heavy atom. The molecule has 0 saturated carbocycles. The molecule has 5 heteroatoms. The smallest absolute Gasteiger partial charge is 0.335 e. The van der Waals surface area contributed by atoms with Crippen LogP contribution in [0.15, 0.2) is 57.9 Å². The Morgan fingerprint density at radius 3 is 2.57 bits per heavy atom. The molecule has 2 aromatic carbocycles. The fourth-order valence-electron chi connectivity index (χ4n) is 2.39. The first-order valence-electron chi connectivity index (χ1n) is 6.99. The fourth-order valence-corrected chi connectivity index (χ4v) is 2.39. The van der Waals surface area contributed by atoms with Crippen molar-refractivity contribution in [2.75, 3.05) is 7.11 Å². The SMILES string of the molecule is COc1ccc(Cc2coc3ccc(C(=O)O)cc3c2=O)cc1. The van der Waals surface area contributed by atoms with E-state index >= 15 is 0 Å². The van der Waals surface area contributed by atoms with E-state index < -0.39 is 5.97 Å². The molecule has 1 aromatic heterocycles. The molecule has 5 nitrogen and oxygen atoms in total. The van der Waals surface area contributed by atoms with Crippen LogP contribution >= 0.6 is 0 Å². The van der Waals surface area contributed by atoms with Gasteiger partial charge in [0.15, 0.2) is 5.43 Å². The standard InChI is InChI=1S/C18H14O5/c1-22-14-5-2-11(3-6-14)8-13-10-23-16-7-4-12(18(20)21)9-15(16)17(13)19/h2-7,9-10H,8H2,1H3,(H,20,21). The monoisotopic (exact) mass is 310 g/mol. The first-order chi connectivity index (χ1) is 11.1. The molecule has 0 radical (unpaired) electrons. The Labute approximate surface area is 131 Å². The van der Waals surface area contributed by atoms with Gasteiger partial charge in [0.1, 0.15) is 11.3 Å². The first kappa shape index (κ1) is 14.8. The molecule has 23 heavy (non-hydrogen) atoms. The van der Waals surface area contributed by atoms with E-state index in [1.54, 1.807) is 7.11 Å². The molecular weight excluding hydrogens is 296 g/mol. The van der Waals surface area contributed by atoms with Crippen LogP contribution in [0, 0.1) is 0 Å². The zero-order valence-corrected chi connectivity index (χ0v) is 12.4. The highest BCUT2D eigenvalue weighted by Gasteiger charge is 2.11. The second kappa shape index (κ2) is 5.96. The van der Waals surface area contributed by atoms with E-state index in [2.05, 4.69) is 0 Å². The van der Waals surface area contributed by atoms with Crippen LogP contribution in [0.25, 0.3) is 11.0 Å². The molecule has 0 unspecified atom stereocenters. The molecule has 0 fully saturated rings. The quantitative estimate of drug-likeness (QED) is 0.801. The van der Waals surface area contributed by atoms with Gasteiger partial charge in [0.25, 0.3) is 0 Å². The summed E-state index contributed by atoms with van der Waals surface area (Å²) >= 11 is 0. The van der Waals surface area contributed by atoms with Gasteiger partial charge >= 0.3 is 5.97 Å². The number of rotatable bonds is 4. The van der Waals surface area contributed by atoms with E-state index in [4.69, 9.17) is 14.3 Å². The van der Waals surface area contributed by atoms with Gasteiger partial charge in [-0.15, -0.1) is 0 Å². The summed E-state index contributed by atoms with van der Waals surface area (Å²) in [5, 5.41) is 9.32. The molecule has 3 rings (SSSR count). The van der Waals surface area contributed by atoms with Crippen molar-refractivity contribution in [1.29, 1.82) is 0 Å². The predicted molar refractivity (Wildman–Crippen MR) is 85.2 cm³/mol. The molecule has 1 heterocycles. The maximum Gasteiger partial charge on any atom is 0.335 e. The molecule has 0 amide bonds. The molecule has 0 aliphatic carbocycles. The predicted octanol–water partition coefficient (Wildman–Crippen LogP) is 3.09. The lowest BCUT2D eigenvalue weighted by atomic mass is 10.0. The lowest BCUT2D eigenvalue weighted by Crippen LogP contribution is -2.10. The molecule has 3 aromatic rings. The van der Waals surface area contributed by atoms with Gasteiger partial charge in [-0.05, 0) is 35.9 Å². The minimum atomic E-state index is -1.08. The maximum atomic E-state index is 12.6. The summed E-state index contributed by atoms with van der Waals surface area (Å²) in [6, 6.07) is 11.6. The molecule has 0 aliphatic heterocycles. The van der Waals surface area contributed by atoms with Crippen molar-refractivity contribution in [3.63, 3.8) is 0 Å². The van der Waals surface area contributed by atoms with Gasteiger partial charge in [-0.25, -0.2) is 4.79 Å². The molecule has 1 N–H and O–H groups in total. The molecule has 0 atom stereocenters. The van der Waals surface area contributed by atoms with Crippen molar-refractivity contribution in [3.8, 4) is 5.75 Å². The van der Waals surface area contributed by atoms with Crippen LogP contribution in [0.1, 0.15) is 21.5 Å². The third-order valence-electron chi connectivity index (χ3n) is 3.64. The van der Waals surface area contributed by atoms with Crippen molar-refractivity contribution in [2.45, 2.75) is 6.42 Å². The average molecular weight is 310 g/mol. The van der Waals surface area contributed by atoms with Crippen LogP contribution < -0.4 is 10.2 Å². The third-order valence-corrected chi connectivity index (χ3v) is 3.64. The number of carbonyl (C=O) groups is 1. The normalized spacial score (nSPS) is 10.7. The minimum absolute atomic E-state index is 0.0615. The number of benzene rings is 2. The highest BCUT2D eigenvalue weighted by atomic mass is 16.5. The summed E-state index contributed by atoms with van der Waals surface area (Å²) in [6.07, 6.45) is 1.83. The summed E-state index contributed by atoms with van der Waals surface area (Å²) in [7, 11) is 1.59. The van der Waals surface area contributed by atoms with E-state index in [0.717, 1.165) is 11.3 Å². The molecule has 0 saturated heterocycles. The largest absolute Gasteiger partial charge is 0.497 e. The Bertz CT molecular complexity index is 922. The Kier molecular flexibility index (Phi) is 3.85. The number of carboxylic acids is 1. The van der Waals surface area contributed by atoms with Gasteiger partial charge in [0.05, 0.1) is 24.3 Å². The lowest BCUT2D eigenvalue weighted by Gasteiger charge is -2.05. The van der Waals surface area contributed by atoms with Crippen LogP contribution in [-0.2, 0) is 6.42 Å². The number of hydrogen-bond donors (Lipinski definition) is 1. The second-order valence-electron chi connectivity index (χ2n) is 5.13. The van der Waals surface area contributed by atoms with Gasteiger partial charge in [0.2, 0.25) is 0 Å². The Hall–Kier alpha value is -3.08. The van der Waals surface area contributed by atoms with Crippen molar-refractivity contribution in [1.82, 2.24) is 0 Å². The summed E-state index contributed by atoms with van der Waals surface area (Å²) in [5.41, 5.74) is 1.63. The lowest BCUT2D eigenvalue weighted by molar-refractivity contribution is 0.0697. The molecule has 0 aliphatic rings. The van der Waals surface area contributed by atoms with Crippen LogP contribution in [0.4, 0.5) is 0 Å². The van der Waals surface area contributed by atoms with Crippen molar-refractivity contribution in [2.24, 2.45) is 0 Å². The molecule has 0 bridgehead atoms. The number of carboxylic acid groups (broad SMARTS) is 1. The topological polar surface area (TPSA) is 76.7 Å². The molecule has 116 valence electrons. The van der Waals surface area contributed by atoms with Gasteiger partial charge in [-0.2, -0.15) is 0 Å². The summed E-state index contributed by atoms with van der Waals surface area (Å²) < 4.78 is 10.6. The Balaban J connectivity index is 2.01. The van der Waals surface area contributed by atoms with E-state index in [9.17, 15) is 9.59 Å². The van der Waals surface area contributed by atoms with Crippen LogP contribution in [0.3, 0.4) is 0 Å². The average Bonchev–Trinajstić information content (AvgIpc) is 2.58. The minimum Gasteiger partial charge on any atom is -0.497 e. The summed E-state index contributed by atoms with van der Waals surface area (Å²) in [6.45, 7) is 0. The number of ether oxygens (including phenoxy) is 1. The highest BCUT2D eigenvalue weighted by Crippen LogP contribution is 2.17. The van der Waals surface area contributed by atoms with E-state index in [1.165, 1.54) is 24.5 Å². The second-order valence-corrected chi connectivity index (χ2v) is 5.13. The number of methoxy groups -OCH3 is 1. The van der Waals surface area contributed by atoms with Crippen molar-refractivity contribution >= 4 is 16.9 Å². The number of fused-ring (bicyclic) bond motifs is 1. The van der Waals surface area contributed by atoms with E-state index in [1.807, 2.05) is 24.3 Å². The van der Waals surface area contributed by atoms with Gasteiger partial charge in [-0.3, -0.25) is 4.79 Å². The van der Waals surface area contributed by atoms with Gasteiger partial charge in [-0.1, -0.05) is 12.1 Å². The number of aromatic carboxylic acids is 1. The van der Waals surface area contributed by atoms with Crippen molar-refractivity contribution < 1.29 is 19.1 Å². The van der Waals surface area contributed by atoms with Gasteiger partial charge < -0.3 is 14.3 Å². The molecule has 0 spiro atoms. The fraction of sp³-hybridized carbons (Fsp3) is 0.111. The zero-order valence-electron chi connectivity index (χ0n) is 12.4. The van der Waals surface area contributed by atoms with Crippen LogP contribution in [-0.4, -0.2) is 18.2 Å².